The monoisotopic (exact) mass is 343 g/mol. The first-order valence-electron chi connectivity index (χ1n) is 7.25. The summed E-state index contributed by atoms with van der Waals surface area (Å²) in [5.41, 5.74) is 1.29. The molecule has 0 aliphatic rings. The van der Waals surface area contributed by atoms with E-state index in [4.69, 9.17) is 4.74 Å². The summed E-state index contributed by atoms with van der Waals surface area (Å²) in [6, 6.07) is 18.6. The zero-order valence-electron chi connectivity index (χ0n) is 11.8. The molecule has 3 aromatic rings. The number of benzene rings is 2. The van der Waals surface area contributed by atoms with Crippen molar-refractivity contribution in [3.05, 3.63) is 65.3 Å². The van der Waals surface area contributed by atoms with E-state index in [9.17, 15) is 0 Å². The highest BCUT2D eigenvalue weighted by molar-refractivity contribution is 9.10. The van der Waals surface area contributed by atoms with Crippen molar-refractivity contribution in [1.29, 1.82) is 0 Å². The number of fused-ring (bicyclic) bond motifs is 1. The van der Waals surface area contributed by atoms with Gasteiger partial charge in [0, 0.05) is 28.1 Å². The number of unbranched alkanes of at least 4 members (excludes halogenated alkanes) is 1. The van der Waals surface area contributed by atoms with Gasteiger partial charge >= 0.3 is 0 Å². The van der Waals surface area contributed by atoms with Gasteiger partial charge in [-0.25, -0.2) is 0 Å². The van der Waals surface area contributed by atoms with Crippen LogP contribution in [0.4, 0.5) is 0 Å². The summed E-state index contributed by atoms with van der Waals surface area (Å²) in [6.07, 6.45) is 4.34. The topological polar surface area (TPSA) is 14.2 Å². The molecule has 0 spiro atoms. The maximum Gasteiger partial charge on any atom is 0.119 e. The van der Waals surface area contributed by atoms with Crippen LogP contribution in [-0.4, -0.2) is 11.2 Å². The van der Waals surface area contributed by atoms with Gasteiger partial charge in [-0.1, -0.05) is 34.1 Å². The molecule has 0 atom stereocenters. The zero-order chi connectivity index (χ0) is 14.5. The highest BCUT2D eigenvalue weighted by Crippen LogP contribution is 2.21. The fourth-order valence-corrected chi connectivity index (χ4v) is 2.84. The number of nitrogens with zero attached hydrogens (tertiary/aromatic N) is 1. The van der Waals surface area contributed by atoms with E-state index in [0.29, 0.717) is 0 Å². The summed E-state index contributed by atoms with van der Waals surface area (Å²) < 4.78 is 9.15. The molecule has 0 amide bonds. The molecule has 0 aliphatic heterocycles. The molecule has 3 heteroatoms. The molecule has 0 unspecified atom stereocenters. The second-order valence-electron chi connectivity index (χ2n) is 5.08. The molecular formula is C18H18BrNO. The minimum atomic E-state index is 0.773. The van der Waals surface area contributed by atoms with Gasteiger partial charge in [-0.2, -0.15) is 0 Å². The lowest BCUT2D eigenvalue weighted by Crippen LogP contribution is -2.01. The molecule has 21 heavy (non-hydrogen) atoms. The number of aromatic nitrogens is 1. The summed E-state index contributed by atoms with van der Waals surface area (Å²) in [6.45, 7) is 1.80. The van der Waals surface area contributed by atoms with E-state index >= 15 is 0 Å². The molecule has 0 N–H and O–H groups in total. The number of halogens is 1. The third kappa shape index (κ3) is 3.67. The lowest BCUT2D eigenvalue weighted by molar-refractivity contribution is 0.303. The van der Waals surface area contributed by atoms with Crippen molar-refractivity contribution in [1.82, 2.24) is 4.57 Å². The van der Waals surface area contributed by atoms with E-state index in [2.05, 4.69) is 51.0 Å². The van der Waals surface area contributed by atoms with Gasteiger partial charge in [0.15, 0.2) is 0 Å². The highest BCUT2D eigenvalue weighted by Gasteiger charge is 2.01. The Hall–Kier alpha value is -1.74. The maximum atomic E-state index is 5.71. The summed E-state index contributed by atoms with van der Waals surface area (Å²) in [5, 5.41) is 1.28. The second-order valence-corrected chi connectivity index (χ2v) is 6.00. The van der Waals surface area contributed by atoms with Gasteiger partial charge in [0.2, 0.25) is 0 Å². The van der Waals surface area contributed by atoms with E-state index in [1.54, 1.807) is 0 Å². The average Bonchev–Trinajstić information content (AvgIpc) is 2.90. The van der Waals surface area contributed by atoms with Gasteiger partial charge < -0.3 is 9.30 Å². The van der Waals surface area contributed by atoms with Crippen molar-refractivity contribution in [2.24, 2.45) is 0 Å². The Morgan fingerprint density at radius 1 is 0.952 bits per heavy atom. The number of hydrogen-bond donors (Lipinski definition) is 0. The van der Waals surface area contributed by atoms with Crippen molar-refractivity contribution >= 4 is 26.8 Å². The predicted molar refractivity (Wildman–Crippen MR) is 90.8 cm³/mol. The van der Waals surface area contributed by atoms with Crippen LogP contribution in [0.15, 0.2) is 65.3 Å². The Morgan fingerprint density at radius 3 is 2.67 bits per heavy atom. The fraction of sp³-hybridized carbons (Fsp3) is 0.222. The Balaban J connectivity index is 1.48. The van der Waals surface area contributed by atoms with Gasteiger partial charge in [0.1, 0.15) is 5.75 Å². The van der Waals surface area contributed by atoms with Crippen LogP contribution in [0.25, 0.3) is 10.9 Å². The molecule has 0 saturated carbocycles. The van der Waals surface area contributed by atoms with Crippen LogP contribution in [0.3, 0.4) is 0 Å². The molecule has 0 saturated heterocycles. The van der Waals surface area contributed by atoms with Crippen molar-refractivity contribution in [3.8, 4) is 5.75 Å². The van der Waals surface area contributed by atoms with Crippen LogP contribution in [0, 0.1) is 0 Å². The zero-order valence-corrected chi connectivity index (χ0v) is 13.4. The minimum absolute atomic E-state index is 0.773. The predicted octanol–water partition coefficient (Wildman–Crippen LogP) is 5.26. The van der Waals surface area contributed by atoms with Gasteiger partial charge in [0.25, 0.3) is 0 Å². The SMILES string of the molecule is Brc1ccc2c(ccn2CCCCOc2ccccc2)c1. The minimum Gasteiger partial charge on any atom is -0.494 e. The molecule has 0 bridgehead atoms. The van der Waals surface area contributed by atoms with Crippen molar-refractivity contribution in [3.63, 3.8) is 0 Å². The maximum absolute atomic E-state index is 5.71. The number of aryl methyl sites for hydroxylation is 1. The molecular weight excluding hydrogens is 326 g/mol. The van der Waals surface area contributed by atoms with Crippen LogP contribution >= 0.6 is 15.9 Å². The van der Waals surface area contributed by atoms with Crippen LogP contribution < -0.4 is 4.74 Å². The molecule has 1 heterocycles. The van der Waals surface area contributed by atoms with E-state index in [1.807, 2.05) is 30.3 Å². The molecule has 0 aliphatic carbocycles. The Kier molecular flexibility index (Phi) is 4.61. The van der Waals surface area contributed by atoms with Crippen LogP contribution in [0.2, 0.25) is 0 Å². The highest BCUT2D eigenvalue weighted by atomic mass is 79.9. The van der Waals surface area contributed by atoms with Gasteiger partial charge in [-0.15, -0.1) is 0 Å². The first-order valence-corrected chi connectivity index (χ1v) is 8.04. The molecule has 0 radical (unpaired) electrons. The number of para-hydroxylation sites is 1. The van der Waals surface area contributed by atoms with Crippen molar-refractivity contribution in [2.75, 3.05) is 6.61 Å². The summed E-state index contributed by atoms with van der Waals surface area (Å²) in [5.74, 6) is 0.953. The summed E-state index contributed by atoms with van der Waals surface area (Å²) in [4.78, 5) is 0. The van der Waals surface area contributed by atoms with E-state index in [-0.39, 0.29) is 0 Å². The van der Waals surface area contributed by atoms with E-state index in [0.717, 1.165) is 36.2 Å². The first-order chi connectivity index (χ1) is 10.3. The molecule has 2 aromatic carbocycles. The summed E-state index contributed by atoms with van der Waals surface area (Å²) >= 11 is 3.51. The standard InChI is InChI=1S/C18H18BrNO/c19-16-8-9-18-15(14-16)10-12-20(18)11-4-5-13-21-17-6-2-1-3-7-17/h1-3,6-10,12,14H,4-5,11,13H2. The van der Waals surface area contributed by atoms with Gasteiger partial charge in [-0.3, -0.25) is 0 Å². The molecule has 108 valence electrons. The summed E-state index contributed by atoms with van der Waals surface area (Å²) in [7, 11) is 0. The molecule has 1 aromatic heterocycles. The average molecular weight is 344 g/mol. The third-order valence-electron chi connectivity index (χ3n) is 3.54. The van der Waals surface area contributed by atoms with E-state index < -0.39 is 0 Å². The molecule has 2 nitrogen and oxygen atoms in total. The van der Waals surface area contributed by atoms with Crippen LogP contribution in [-0.2, 0) is 6.54 Å². The smallest absolute Gasteiger partial charge is 0.119 e. The quantitative estimate of drug-likeness (QED) is 0.556. The van der Waals surface area contributed by atoms with Gasteiger partial charge in [0.05, 0.1) is 6.61 Å². The van der Waals surface area contributed by atoms with Crippen molar-refractivity contribution < 1.29 is 4.74 Å². The van der Waals surface area contributed by atoms with Gasteiger partial charge in [-0.05, 0) is 49.2 Å². The fourth-order valence-electron chi connectivity index (χ4n) is 2.46. The van der Waals surface area contributed by atoms with Crippen LogP contribution in [0.1, 0.15) is 12.8 Å². The van der Waals surface area contributed by atoms with Crippen molar-refractivity contribution in [2.45, 2.75) is 19.4 Å². The lowest BCUT2D eigenvalue weighted by atomic mass is 10.2. The Bertz CT molecular complexity index is 706. The Morgan fingerprint density at radius 2 is 1.81 bits per heavy atom. The van der Waals surface area contributed by atoms with E-state index in [1.165, 1.54) is 10.9 Å². The number of ether oxygens (including phenoxy) is 1. The molecule has 0 fully saturated rings. The first kappa shape index (κ1) is 14.2. The normalized spacial score (nSPS) is 10.9. The molecule has 3 rings (SSSR count). The Labute approximate surface area is 133 Å². The number of hydrogen-bond acceptors (Lipinski definition) is 1. The number of rotatable bonds is 6. The third-order valence-corrected chi connectivity index (χ3v) is 4.03. The van der Waals surface area contributed by atoms with Crippen LogP contribution in [0.5, 0.6) is 5.75 Å². The second kappa shape index (κ2) is 6.81. The largest absolute Gasteiger partial charge is 0.494 e. The lowest BCUT2D eigenvalue weighted by Gasteiger charge is -2.07.